The smallest absolute Gasteiger partial charge is 0.338 e. The first-order valence-corrected chi connectivity index (χ1v) is 11.6. The van der Waals surface area contributed by atoms with Gasteiger partial charge in [0.05, 0.1) is 18.3 Å². The lowest BCUT2D eigenvalue weighted by atomic mass is 10.1. The largest absolute Gasteiger partial charge is 0.465 e. The quantitative estimate of drug-likeness (QED) is 0.398. The van der Waals surface area contributed by atoms with Crippen LogP contribution >= 0.6 is 0 Å². The lowest BCUT2D eigenvalue weighted by Crippen LogP contribution is -2.24. The van der Waals surface area contributed by atoms with Gasteiger partial charge in [0.1, 0.15) is 11.6 Å². The number of benzene rings is 2. The Bertz CT molecular complexity index is 1000. The molecule has 3 aromatic rings. The number of rotatable bonds is 9. The number of esters is 1. The summed E-state index contributed by atoms with van der Waals surface area (Å²) in [5.74, 6) is 1.31. The van der Waals surface area contributed by atoms with Crippen molar-refractivity contribution in [2.75, 3.05) is 6.61 Å². The first-order chi connectivity index (χ1) is 16.2. The van der Waals surface area contributed by atoms with Crippen molar-refractivity contribution in [3.05, 3.63) is 78.4 Å². The van der Waals surface area contributed by atoms with Gasteiger partial charge in [-0.05, 0) is 62.4 Å². The van der Waals surface area contributed by atoms with Gasteiger partial charge in [0, 0.05) is 30.8 Å². The van der Waals surface area contributed by atoms with E-state index in [-0.39, 0.29) is 18.4 Å². The molecule has 0 bridgehead atoms. The molecule has 1 aliphatic rings. The van der Waals surface area contributed by atoms with Crippen LogP contribution in [0, 0.1) is 0 Å². The number of hydrogen-bond donors (Lipinski definition) is 0. The Morgan fingerprint density at radius 3 is 2.48 bits per heavy atom. The fourth-order valence-corrected chi connectivity index (χ4v) is 3.75. The SMILES string of the molecule is CC(CCCc1ncc(-c2ccc(OC3CCCCO3)cc2)cn1)OC(=O)c1ccccc1. The molecular weight excluding hydrogens is 416 g/mol. The van der Waals surface area contributed by atoms with Crippen LogP contribution in [-0.4, -0.2) is 34.9 Å². The van der Waals surface area contributed by atoms with E-state index < -0.39 is 0 Å². The zero-order valence-corrected chi connectivity index (χ0v) is 19.0. The molecule has 2 aromatic carbocycles. The average Bonchev–Trinajstić information content (AvgIpc) is 2.86. The molecule has 6 heteroatoms. The summed E-state index contributed by atoms with van der Waals surface area (Å²) in [7, 11) is 0. The monoisotopic (exact) mass is 446 g/mol. The van der Waals surface area contributed by atoms with Gasteiger partial charge in [0.25, 0.3) is 0 Å². The van der Waals surface area contributed by atoms with Crippen molar-refractivity contribution in [2.24, 2.45) is 0 Å². The highest BCUT2D eigenvalue weighted by atomic mass is 16.7. The van der Waals surface area contributed by atoms with Gasteiger partial charge >= 0.3 is 5.97 Å². The first kappa shape index (κ1) is 22.9. The number of aryl methyl sites for hydroxylation is 1. The predicted octanol–water partition coefficient (Wildman–Crippen LogP) is 5.62. The average molecular weight is 447 g/mol. The Hall–Kier alpha value is -3.25. The maximum absolute atomic E-state index is 12.1. The van der Waals surface area contributed by atoms with Crippen molar-refractivity contribution in [3.8, 4) is 16.9 Å². The van der Waals surface area contributed by atoms with E-state index >= 15 is 0 Å². The highest BCUT2D eigenvalue weighted by Gasteiger charge is 2.15. The Balaban J connectivity index is 1.22. The zero-order valence-electron chi connectivity index (χ0n) is 19.0. The normalized spacial score (nSPS) is 16.7. The van der Waals surface area contributed by atoms with Crippen molar-refractivity contribution >= 4 is 5.97 Å². The van der Waals surface area contributed by atoms with E-state index in [1.807, 2.05) is 61.8 Å². The van der Waals surface area contributed by atoms with Crippen molar-refractivity contribution in [3.63, 3.8) is 0 Å². The molecule has 1 saturated heterocycles. The third-order valence-electron chi connectivity index (χ3n) is 5.63. The molecule has 0 N–H and O–H groups in total. The number of aromatic nitrogens is 2. The van der Waals surface area contributed by atoms with Crippen molar-refractivity contribution in [1.29, 1.82) is 0 Å². The van der Waals surface area contributed by atoms with E-state index in [0.29, 0.717) is 5.56 Å². The molecular formula is C27H30N2O4. The minimum atomic E-state index is -0.286. The summed E-state index contributed by atoms with van der Waals surface area (Å²) in [4.78, 5) is 21.1. The van der Waals surface area contributed by atoms with Crippen LogP contribution in [0.15, 0.2) is 67.0 Å². The highest BCUT2D eigenvalue weighted by Crippen LogP contribution is 2.24. The second kappa shape index (κ2) is 11.6. The minimum Gasteiger partial charge on any atom is -0.465 e. The van der Waals surface area contributed by atoms with E-state index in [9.17, 15) is 4.79 Å². The molecule has 0 spiro atoms. The molecule has 1 aromatic heterocycles. The fourth-order valence-electron chi connectivity index (χ4n) is 3.75. The summed E-state index contributed by atoms with van der Waals surface area (Å²) in [6, 6.07) is 17.0. The van der Waals surface area contributed by atoms with E-state index in [4.69, 9.17) is 14.2 Å². The topological polar surface area (TPSA) is 70.5 Å². The lowest BCUT2D eigenvalue weighted by Gasteiger charge is -2.23. The lowest BCUT2D eigenvalue weighted by molar-refractivity contribution is -0.105. The van der Waals surface area contributed by atoms with Crippen LogP contribution in [-0.2, 0) is 15.9 Å². The Morgan fingerprint density at radius 2 is 1.79 bits per heavy atom. The fraction of sp³-hybridized carbons (Fsp3) is 0.370. The third kappa shape index (κ3) is 6.86. The number of carbonyl (C=O) groups is 1. The molecule has 2 atom stereocenters. The molecule has 4 rings (SSSR count). The molecule has 1 aliphatic heterocycles. The Morgan fingerprint density at radius 1 is 1.03 bits per heavy atom. The molecule has 6 nitrogen and oxygen atoms in total. The second-order valence-electron chi connectivity index (χ2n) is 8.30. The summed E-state index contributed by atoms with van der Waals surface area (Å²) in [6.45, 7) is 2.68. The van der Waals surface area contributed by atoms with Crippen LogP contribution < -0.4 is 4.74 Å². The maximum Gasteiger partial charge on any atom is 0.338 e. The van der Waals surface area contributed by atoms with Gasteiger partial charge in [-0.25, -0.2) is 14.8 Å². The van der Waals surface area contributed by atoms with Gasteiger partial charge in [0.2, 0.25) is 0 Å². The van der Waals surface area contributed by atoms with Crippen molar-refractivity contribution in [2.45, 2.75) is 57.8 Å². The molecule has 1 fully saturated rings. The molecule has 0 radical (unpaired) electrons. The zero-order chi connectivity index (χ0) is 22.9. The van der Waals surface area contributed by atoms with E-state index in [2.05, 4.69) is 9.97 Å². The van der Waals surface area contributed by atoms with Crippen LogP contribution in [0.1, 0.15) is 55.2 Å². The van der Waals surface area contributed by atoms with Gasteiger partial charge in [0.15, 0.2) is 6.29 Å². The molecule has 172 valence electrons. The van der Waals surface area contributed by atoms with Crippen LogP contribution in [0.3, 0.4) is 0 Å². The van der Waals surface area contributed by atoms with Crippen LogP contribution in [0.4, 0.5) is 0 Å². The Labute approximate surface area is 194 Å². The van der Waals surface area contributed by atoms with Gasteiger partial charge in [-0.15, -0.1) is 0 Å². The van der Waals surface area contributed by atoms with E-state index in [1.165, 1.54) is 0 Å². The molecule has 33 heavy (non-hydrogen) atoms. The number of hydrogen-bond acceptors (Lipinski definition) is 6. The Kier molecular flexibility index (Phi) is 8.04. The molecule has 2 unspecified atom stereocenters. The summed E-state index contributed by atoms with van der Waals surface area (Å²) in [5.41, 5.74) is 2.58. The molecule has 2 heterocycles. The summed E-state index contributed by atoms with van der Waals surface area (Å²) in [6.07, 6.45) is 8.93. The van der Waals surface area contributed by atoms with Gasteiger partial charge in [-0.1, -0.05) is 30.3 Å². The van der Waals surface area contributed by atoms with Gasteiger partial charge in [-0.3, -0.25) is 0 Å². The standard InChI is InChI=1S/C27H30N2O4/c1-20(32-27(30)22-9-3-2-4-10-22)8-7-11-25-28-18-23(19-29-25)21-13-15-24(16-14-21)33-26-12-5-6-17-31-26/h2-4,9-10,13-16,18-20,26H,5-8,11-12,17H2,1H3. The second-order valence-corrected chi connectivity index (χ2v) is 8.30. The highest BCUT2D eigenvalue weighted by molar-refractivity contribution is 5.89. The van der Waals surface area contributed by atoms with Crippen molar-refractivity contribution in [1.82, 2.24) is 9.97 Å². The number of carbonyl (C=O) groups excluding carboxylic acids is 1. The van der Waals surface area contributed by atoms with Gasteiger partial charge < -0.3 is 14.2 Å². The third-order valence-corrected chi connectivity index (χ3v) is 5.63. The molecule has 0 aliphatic carbocycles. The minimum absolute atomic E-state index is 0.142. The van der Waals surface area contributed by atoms with Gasteiger partial charge in [-0.2, -0.15) is 0 Å². The molecule has 0 amide bonds. The van der Waals surface area contributed by atoms with Crippen LogP contribution in [0.2, 0.25) is 0 Å². The van der Waals surface area contributed by atoms with Crippen molar-refractivity contribution < 1.29 is 19.0 Å². The summed E-state index contributed by atoms with van der Waals surface area (Å²) in [5, 5.41) is 0. The summed E-state index contributed by atoms with van der Waals surface area (Å²) < 4.78 is 17.0. The van der Waals surface area contributed by atoms with Crippen LogP contribution in [0.25, 0.3) is 11.1 Å². The molecule has 0 saturated carbocycles. The maximum atomic E-state index is 12.1. The van der Waals surface area contributed by atoms with E-state index in [1.54, 1.807) is 12.1 Å². The first-order valence-electron chi connectivity index (χ1n) is 11.6. The number of nitrogens with zero attached hydrogens (tertiary/aromatic N) is 2. The number of ether oxygens (including phenoxy) is 3. The van der Waals surface area contributed by atoms with E-state index in [0.717, 1.165) is 67.8 Å². The van der Waals surface area contributed by atoms with Crippen LogP contribution in [0.5, 0.6) is 5.75 Å². The predicted molar refractivity (Wildman–Crippen MR) is 126 cm³/mol. The summed E-state index contributed by atoms with van der Waals surface area (Å²) >= 11 is 0.